The highest BCUT2D eigenvalue weighted by atomic mass is 19.1. The minimum atomic E-state index is -0.450. The molecule has 0 aliphatic carbocycles. The summed E-state index contributed by atoms with van der Waals surface area (Å²) in [7, 11) is 0. The molecule has 3 rings (SSSR count). The Balaban J connectivity index is 2.04. The topological polar surface area (TPSA) is 25.2 Å². The quantitative estimate of drug-likeness (QED) is 0.776. The molecule has 0 fully saturated rings. The van der Waals surface area contributed by atoms with Gasteiger partial charge in [-0.1, -0.05) is 12.1 Å². The summed E-state index contributed by atoms with van der Waals surface area (Å²) < 4.78 is 28.7. The third-order valence-electron chi connectivity index (χ3n) is 3.37. The molecule has 3 aromatic rings. The highest BCUT2D eigenvalue weighted by molar-refractivity contribution is 5.80. The molecule has 0 spiro atoms. The first-order chi connectivity index (χ1) is 9.67. The van der Waals surface area contributed by atoms with Crippen LogP contribution in [-0.4, -0.2) is 9.67 Å². The van der Waals surface area contributed by atoms with E-state index in [1.54, 1.807) is 0 Å². The summed E-state index contributed by atoms with van der Waals surface area (Å²) in [6.45, 7) is 0.206. The average Bonchev–Trinajstić information content (AvgIpc) is 2.85. The van der Waals surface area contributed by atoms with Crippen LogP contribution in [0.4, 0.5) is 8.78 Å². The number of hydrogen-bond acceptors (Lipinski definition) is 1. The van der Waals surface area contributed by atoms with Gasteiger partial charge in [0.05, 0.1) is 13.2 Å². The Morgan fingerprint density at radius 1 is 1.00 bits per heavy atom. The molecule has 102 valence electrons. The molecule has 0 saturated heterocycles. The molecule has 0 radical (unpaired) electrons. The summed E-state index contributed by atoms with van der Waals surface area (Å²) >= 11 is 0. The van der Waals surface area contributed by atoms with Gasteiger partial charge in [-0.25, -0.2) is 8.78 Å². The Kier molecular flexibility index (Phi) is 3.24. The second kappa shape index (κ2) is 5.06. The fourth-order valence-corrected chi connectivity index (χ4v) is 2.31. The first-order valence-corrected chi connectivity index (χ1v) is 6.30. The summed E-state index contributed by atoms with van der Waals surface area (Å²) in [4.78, 5) is 0. The monoisotopic (exact) mass is 273 g/mol. The highest BCUT2D eigenvalue weighted by Gasteiger charge is 2.07. The van der Waals surface area contributed by atoms with Crippen molar-refractivity contribution in [2.24, 2.45) is 0 Å². The van der Waals surface area contributed by atoms with Crippen molar-refractivity contribution in [1.29, 1.82) is 0 Å². The van der Waals surface area contributed by atoms with E-state index in [9.17, 15) is 13.9 Å². The largest absolute Gasteiger partial charge is 0.392 e. The molecular weight excluding hydrogens is 260 g/mol. The second-order valence-corrected chi connectivity index (χ2v) is 4.73. The number of nitrogens with zero attached hydrogens (tertiary/aromatic N) is 1. The molecule has 0 atom stereocenters. The molecule has 1 aromatic heterocycles. The molecule has 2 nitrogen and oxygen atoms in total. The van der Waals surface area contributed by atoms with Crippen LogP contribution in [0.5, 0.6) is 0 Å². The summed E-state index contributed by atoms with van der Waals surface area (Å²) in [5, 5.41) is 10.2. The van der Waals surface area contributed by atoms with Gasteiger partial charge in [-0.05, 0) is 41.3 Å². The van der Waals surface area contributed by atoms with Gasteiger partial charge in [0.2, 0.25) is 0 Å². The standard InChI is InChI=1S/C16H13F2NO/c17-14-3-4-15(18)13(8-14)9-19-6-5-12-2-1-11(10-20)7-16(12)19/h1-8,20H,9-10H2. The average molecular weight is 273 g/mol. The van der Waals surface area contributed by atoms with E-state index in [4.69, 9.17) is 0 Å². The van der Waals surface area contributed by atoms with Gasteiger partial charge < -0.3 is 9.67 Å². The Hall–Kier alpha value is -2.20. The smallest absolute Gasteiger partial charge is 0.128 e. The van der Waals surface area contributed by atoms with Gasteiger partial charge in [-0.2, -0.15) is 0 Å². The van der Waals surface area contributed by atoms with Gasteiger partial charge in [-0.15, -0.1) is 0 Å². The molecule has 0 aliphatic rings. The number of aliphatic hydroxyl groups excluding tert-OH is 1. The first-order valence-electron chi connectivity index (χ1n) is 6.30. The van der Waals surface area contributed by atoms with Crippen LogP contribution >= 0.6 is 0 Å². The molecule has 4 heteroatoms. The van der Waals surface area contributed by atoms with E-state index in [2.05, 4.69) is 0 Å². The Labute approximate surface area is 114 Å². The number of fused-ring (bicyclic) bond motifs is 1. The van der Waals surface area contributed by atoms with E-state index in [1.807, 2.05) is 35.0 Å². The lowest BCUT2D eigenvalue weighted by molar-refractivity contribution is 0.282. The lowest BCUT2D eigenvalue weighted by Crippen LogP contribution is -2.01. The third-order valence-corrected chi connectivity index (χ3v) is 3.37. The van der Waals surface area contributed by atoms with Crippen LogP contribution in [0, 0.1) is 11.6 Å². The van der Waals surface area contributed by atoms with Gasteiger partial charge >= 0.3 is 0 Å². The summed E-state index contributed by atoms with van der Waals surface area (Å²) in [5.74, 6) is -0.875. The van der Waals surface area contributed by atoms with Crippen LogP contribution in [0.25, 0.3) is 10.9 Å². The summed E-state index contributed by atoms with van der Waals surface area (Å²) in [6.07, 6.45) is 1.83. The zero-order chi connectivity index (χ0) is 14.1. The van der Waals surface area contributed by atoms with Crippen molar-refractivity contribution in [3.8, 4) is 0 Å². The van der Waals surface area contributed by atoms with Crippen LogP contribution in [0.2, 0.25) is 0 Å². The Morgan fingerprint density at radius 3 is 2.65 bits per heavy atom. The Morgan fingerprint density at radius 2 is 1.85 bits per heavy atom. The van der Waals surface area contributed by atoms with Gasteiger partial charge in [0.1, 0.15) is 11.6 Å². The van der Waals surface area contributed by atoms with Crippen LogP contribution in [0.1, 0.15) is 11.1 Å². The third kappa shape index (κ3) is 2.30. The molecule has 0 saturated carbocycles. The van der Waals surface area contributed by atoms with Gasteiger partial charge in [0, 0.05) is 17.3 Å². The van der Waals surface area contributed by atoms with E-state index >= 15 is 0 Å². The van der Waals surface area contributed by atoms with Crippen LogP contribution in [-0.2, 0) is 13.2 Å². The summed E-state index contributed by atoms with van der Waals surface area (Å²) in [6, 6.07) is 11.0. The molecule has 0 aliphatic heterocycles. The fraction of sp³-hybridized carbons (Fsp3) is 0.125. The van der Waals surface area contributed by atoms with E-state index in [0.717, 1.165) is 28.6 Å². The SMILES string of the molecule is OCc1ccc2ccn(Cc3cc(F)ccc3F)c2c1. The van der Waals surface area contributed by atoms with E-state index in [-0.39, 0.29) is 13.2 Å². The van der Waals surface area contributed by atoms with E-state index in [1.165, 1.54) is 6.07 Å². The maximum absolute atomic E-state index is 13.7. The molecule has 0 amide bonds. The maximum atomic E-state index is 13.7. The predicted molar refractivity (Wildman–Crippen MR) is 73.3 cm³/mol. The van der Waals surface area contributed by atoms with Crippen molar-refractivity contribution in [2.45, 2.75) is 13.2 Å². The van der Waals surface area contributed by atoms with E-state index < -0.39 is 11.6 Å². The molecule has 20 heavy (non-hydrogen) atoms. The molecule has 0 unspecified atom stereocenters. The normalized spacial score (nSPS) is 11.2. The zero-order valence-corrected chi connectivity index (χ0v) is 10.7. The predicted octanol–water partition coefficient (Wildman–Crippen LogP) is 3.46. The lowest BCUT2D eigenvalue weighted by Gasteiger charge is -2.08. The number of halogens is 2. The molecule has 1 heterocycles. The summed E-state index contributed by atoms with van der Waals surface area (Å²) in [5.41, 5.74) is 1.98. The molecular formula is C16H13F2NO. The molecule has 1 N–H and O–H groups in total. The van der Waals surface area contributed by atoms with Crippen LogP contribution < -0.4 is 0 Å². The van der Waals surface area contributed by atoms with Crippen molar-refractivity contribution in [1.82, 2.24) is 4.57 Å². The number of aliphatic hydroxyl groups is 1. The first kappa shape index (κ1) is 12.8. The van der Waals surface area contributed by atoms with Crippen molar-refractivity contribution in [3.05, 3.63) is 71.4 Å². The van der Waals surface area contributed by atoms with Crippen LogP contribution in [0.15, 0.2) is 48.7 Å². The van der Waals surface area contributed by atoms with Gasteiger partial charge in [-0.3, -0.25) is 0 Å². The highest BCUT2D eigenvalue weighted by Crippen LogP contribution is 2.20. The maximum Gasteiger partial charge on any atom is 0.128 e. The van der Waals surface area contributed by atoms with E-state index in [0.29, 0.717) is 5.56 Å². The fourth-order valence-electron chi connectivity index (χ4n) is 2.31. The minimum Gasteiger partial charge on any atom is -0.392 e. The van der Waals surface area contributed by atoms with Crippen molar-refractivity contribution in [3.63, 3.8) is 0 Å². The van der Waals surface area contributed by atoms with Gasteiger partial charge in [0.15, 0.2) is 0 Å². The zero-order valence-electron chi connectivity index (χ0n) is 10.7. The van der Waals surface area contributed by atoms with Crippen molar-refractivity contribution >= 4 is 10.9 Å². The second-order valence-electron chi connectivity index (χ2n) is 4.73. The lowest BCUT2D eigenvalue weighted by atomic mass is 10.1. The van der Waals surface area contributed by atoms with Crippen molar-refractivity contribution in [2.75, 3.05) is 0 Å². The number of rotatable bonds is 3. The minimum absolute atomic E-state index is 0.0462. The van der Waals surface area contributed by atoms with Gasteiger partial charge in [0.25, 0.3) is 0 Å². The Bertz CT molecular complexity index is 764. The number of hydrogen-bond donors (Lipinski definition) is 1. The molecule has 2 aromatic carbocycles. The van der Waals surface area contributed by atoms with Crippen molar-refractivity contribution < 1.29 is 13.9 Å². The number of aromatic nitrogens is 1. The molecule has 0 bridgehead atoms. The number of benzene rings is 2. The van der Waals surface area contributed by atoms with Crippen LogP contribution in [0.3, 0.4) is 0 Å².